The van der Waals surface area contributed by atoms with Crippen LogP contribution in [0.3, 0.4) is 0 Å². The van der Waals surface area contributed by atoms with E-state index in [1.54, 1.807) is 0 Å². The molecular weight excluding hydrogens is 330 g/mol. The third-order valence-electron chi connectivity index (χ3n) is 3.36. The molecule has 0 amide bonds. The van der Waals surface area contributed by atoms with Crippen LogP contribution in [0.1, 0.15) is 24.2 Å². The Balaban J connectivity index is 2.49. The number of morpholine rings is 1. The van der Waals surface area contributed by atoms with Crippen LogP contribution in [0, 0.1) is 0 Å². The Kier molecular flexibility index (Phi) is 4.81. The predicted molar refractivity (Wildman–Crippen MR) is 81.6 cm³/mol. The van der Waals surface area contributed by atoms with Crippen LogP contribution in [0.2, 0.25) is 5.02 Å². The number of esters is 1. The van der Waals surface area contributed by atoms with E-state index in [0.29, 0.717) is 6.61 Å². The maximum absolute atomic E-state index is 12.9. The molecule has 0 unspecified atom stereocenters. The number of methoxy groups -OCH3 is 1. The second kappa shape index (κ2) is 6.16. The van der Waals surface area contributed by atoms with Crippen molar-refractivity contribution in [1.29, 1.82) is 0 Å². The van der Waals surface area contributed by atoms with Gasteiger partial charge in [-0.2, -0.15) is 4.31 Å². The summed E-state index contributed by atoms with van der Waals surface area (Å²) in [5, 5.41) is 0.235. The zero-order chi connectivity index (χ0) is 16.5. The molecule has 2 rings (SSSR count). The molecule has 1 heterocycles. The molecule has 1 aromatic rings. The summed E-state index contributed by atoms with van der Waals surface area (Å²) in [7, 11) is -2.67. The number of carbonyl (C=O) groups excluding carboxylic acids is 1. The lowest BCUT2D eigenvalue weighted by atomic mass is 10.1. The quantitative estimate of drug-likeness (QED) is 0.781. The molecule has 1 saturated heterocycles. The molecule has 0 atom stereocenters. The van der Waals surface area contributed by atoms with Crippen molar-refractivity contribution in [1.82, 2.24) is 4.31 Å². The van der Waals surface area contributed by atoms with Crippen molar-refractivity contribution in [2.45, 2.75) is 24.3 Å². The van der Waals surface area contributed by atoms with Gasteiger partial charge in [0.15, 0.2) is 0 Å². The second-order valence-electron chi connectivity index (χ2n) is 5.58. The molecule has 22 heavy (non-hydrogen) atoms. The fraction of sp³-hybridized carbons (Fsp3) is 0.500. The highest BCUT2D eigenvalue weighted by atomic mass is 35.5. The van der Waals surface area contributed by atoms with Gasteiger partial charge in [0.25, 0.3) is 0 Å². The standard InChI is InChI=1S/C14H18ClNO5S/c1-14(2)9-16(6-7-21-14)22(18,19)12-8-10(15)4-5-11(12)13(17)20-3/h4-5,8H,6-7,9H2,1-3H3. The van der Waals surface area contributed by atoms with E-state index in [4.69, 9.17) is 16.3 Å². The van der Waals surface area contributed by atoms with Crippen LogP contribution in [0.4, 0.5) is 0 Å². The molecule has 0 bridgehead atoms. The molecule has 0 radical (unpaired) electrons. The molecule has 8 heteroatoms. The first-order valence-electron chi connectivity index (χ1n) is 6.69. The third kappa shape index (κ3) is 3.43. The lowest BCUT2D eigenvalue weighted by Crippen LogP contribution is -2.50. The first-order chi connectivity index (χ1) is 10.2. The van der Waals surface area contributed by atoms with E-state index in [9.17, 15) is 13.2 Å². The average molecular weight is 348 g/mol. The Morgan fingerprint density at radius 1 is 1.41 bits per heavy atom. The van der Waals surface area contributed by atoms with E-state index in [1.807, 2.05) is 13.8 Å². The molecule has 0 aromatic heterocycles. The number of sulfonamides is 1. The Bertz CT molecular complexity index is 686. The van der Waals surface area contributed by atoms with Gasteiger partial charge in [-0.25, -0.2) is 13.2 Å². The molecule has 1 aromatic carbocycles. The number of benzene rings is 1. The Labute approximate surface area is 135 Å². The maximum Gasteiger partial charge on any atom is 0.339 e. The number of nitrogens with zero attached hydrogens (tertiary/aromatic N) is 1. The average Bonchev–Trinajstić information content (AvgIpc) is 2.45. The summed E-state index contributed by atoms with van der Waals surface area (Å²) in [6, 6.07) is 4.08. The molecule has 0 saturated carbocycles. The summed E-state index contributed by atoms with van der Waals surface area (Å²) in [5.41, 5.74) is -0.619. The van der Waals surface area contributed by atoms with Gasteiger partial charge in [-0.1, -0.05) is 11.6 Å². The number of rotatable bonds is 3. The fourth-order valence-electron chi connectivity index (χ4n) is 2.31. The van der Waals surface area contributed by atoms with E-state index in [2.05, 4.69) is 4.74 Å². The minimum absolute atomic E-state index is 0.0313. The van der Waals surface area contributed by atoms with Crippen molar-refractivity contribution in [2.75, 3.05) is 26.8 Å². The van der Waals surface area contributed by atoms with Gasteiger partial charge in [0.05, 0.1) is 29.8 Å². The van der Waals surface area contributed by atoms with Crippen LogP contribution >= 0.6 is 11.6 Å². The number of hydrogen-bond acceptors (Lipinski definition) is 5. The predicted octanol–water partition coefficient (Wildman–Crippen LogP) is 1.93. The summed E-state index contributed by atoms with van der Waals surface area (Å²) in [4.78, 5) is 11.7. The fourth-order valence-corrected chi connectivity index (χ4v) is 4.32. The summed E-state index contributed by atoms with van der Waals surface area (Å²) in [6.07, 6.45) is 0. The Morgan fingerprint density at radius 2 is 2.09 bits per heavy atom. The first-order valence-corrected chi connectivity index (χ1v) is 8.51. The van der Waals surface area contributed by atoms with Crippen LogP contribution in [-0.2, 0) is 19.5 Å². The minimum Gasteiger partial charge on any atom is -0.465 e. The van der Waals surface area contributed by atoms with Crippen molar-refractivity contribution in [3.05, 3.63) is 28.8 Å². The van der Waals surface area contributed by atoms with Crippen LogP contribution < -0.4 is 0 Å². The van der Waals surface area contributed by atoms with Crippen molar-refractivity contribution >= 4 is 27.6 Å². The van der Waals surface area contributed by atoms with Crippen molar-refractivity contribution in [3.8, 4) is 0 Å². The molecule has 6 nitrogen and oxygen atoms in total. The molecule has 1 fully saturated rings. The van der Waals surface area contributed by atoms with Gasteiger partial charge in [-0.15, -0.1) is 0 Å². The van der Waals surface area contributed by atoms with Crippen LogP contribution in [-0.4, -0.2) is 51.1 Å². The third-order valence-corrected chi connectivity index (χ3v) is 5.48. The molecular formula is C14H18ClNO5S. The highest BCUT2D eigenvalue weighted by Crippen LogP contribution is 2.28. The van der Waals surface area contributed by atoms with E-state index in [-0.39, 0.29) is 28.6 Å². The largest absolute Gasteiger partial charge is 0.465 e. The van der Waals surface area contributed by atoms with E-state index >= 15 is 0 Å². The van der Waals surface area contributed by atoms with Gasteiger partial charge in [0.1, 0.15) is 0 Å². The normalized spacial score (nSPS) is 18.9. The van der Waals surface area contributed by atoms with E-state index in [1.165, 1.54) is 29.6 Å². The lowest BCUT2D eigenvalue weighted by molar-refractivity contribution is -0.0640. The highest BCUT2D eigenvalue weighted by molar-refractivity contribution is 7.89. The summed E-state index contributed by atoms with van der Waals surface area (Å²) >= 11 is 5.91. The maximum atomic E-state index is 12.9. The summed E-state index contributed by atoms with van der Waals surface area (Å²) in [5.74, 6) is -0.720. The minimum atomic E-state index is -3.87. The van der Waals surface area contributed by atoms with Crippen LogP contribution in [0.15, 0.2) is 23.1 Å². The Morgan fingerprint density at radius 3 is 2.68 bits per heavy atom. The van der Waals surface area contributed by atoms with E-state index < -0.39 is 21.6 Å². The van der Waals surface area contributed by atoms with Crippen LogP contribution in [0.5, 0.6) is 0 Å². The summed E-state index contributed by atoms with van der Waals surface area (Å²) in [6.45, 7) is 4.34. The van der Waals surface area contributed by atoms with Gasteiger partial charge < -0.3 is 9.47 Å². The molecule has 0 aliphatic carbocycles. The monoisotopic (exact) mass is 347 g/mol. The highest BCUT2D eigenvalue weighted by Gasteiger charge is 2.36. The molecule has 122 valence electrons. The number of carbonyl (C=O) groups is 1. The zero-order valence-electron chi connectivity index (χ0n) is 12.6. The van der Waals surface area contributed by atoms with Crippen molar-refractivity contribution < 1.29 is 22.7 Å². The zero-order valence-corrected chi connectivity index (χ0v) is 14.2. The number of ether oxygens (including phenoxy) is 2. The van der Waals surface area contributed by atoms with Gasteiger partial charge in [-0.05, 0) is 32.0 Å². The van der Waals surface area contributed by atoms with Crippen molar-refractivity contribution in [3.63, 3.8) is 0 Å². The van der Waals surface area contributed by atoms with Gasteiger partial charge in [0, 0.05) is 18.1 Å². The van der Waals surface area contributed by atoms with Gasteiger partial charge in [-0.3, -0.25) is 0 Å². The van der Waals surface area contributed by atoms with Crippen LogP contribution in [0.25, 0.3) is 0 Å². The van der Waals surface area contributed by atoms with Gasteiger partial charge >= 0.3 is 5.97 Å². The Hall–Kier alpha value is -1.15. The molecule has 1 aliphatic heterocycles. The molecule has 1 aliphatic rings. The van der Waals surface area contributed by atoms with E-state index in [0.717, 1.165) is 0 Å². The smallest absolute Gasteiger partial charge is 0.339 e. The SMILES string of the molecule is COC(=O)c1ccc(Cl)cc1S(=O)(=O)N1CCOC(C)(C)C1. The van der Waals surface area contributed by atoms with Gasteiger partial charge in [0.2, 0.25) is 10.0 Å². The van der Waals surface area contributed by atoms with Crippen molar-refractivity contribution in [2.24, 2.45) is 0 Å². The summed E-state index contributed by atoms with van der Waals surface area (Å²) < 4.78 is 37.2. The number of halogens is 1. The first kappa shape index (κ1) is 17.2. The molecule has 0 spiro atoms. The topological polar surface area (TPSA) is 72.9 Å². The number of hydrogen-bond donors (Lipinski definition) is 0. The molecule has 0 N–H and O–H groups in total. The second-order valence-corrected chi connectivity index (χ2v) is 7.92. The lowest BCUT2D eigenvalue weighted by Gasteiger charge is -2.37.